The average molecular weight is 225 g/mol. The summed E-state index contributed by atoms with van der Waals surface area (Å²) in [4.78, 5) is 12.8. The number of halogens is 1. The molecule has 4 nitrogen and oxygen atoms in total. The van der Waals surface area contributed by atoms with Gasteiger partial charge in [0.15, 0.2) is 5.82 Å². The van der Waals surface area contributed by atoms with E-state index in [-0.39, 0.29) is 18.1 Å². The first-order chi connectivity index (χ1) is 7.54. The molecule has 0 fully saturated rings. The van der Waals surface area contributed by atoms with Crippen LogP contribution in [0.2, 0.25) is 0 Å². The highest BCUT2D eigenvalue weighted by atomic mass is 19.1. The first-order valence-electron chi connectivity index (χ1n) is 4.96. The molecule has 0 aromatic heterocycles. The summed E-state index contributed by atoms with van der Waals surface area (Å²) in [6.45, 7) is 0.578. The molecule has 1 aromatic rings. The predicted molar refractivity (Wildman–Crippen MR) is 61.2 cm³/mol. The maximum atomic E-state index is 13.5. The first-order valence-corrected chi connectivity index (χ1v) is 4.96. The van der Waals surface area contributed by atoms with Crippen LogP contribution in [-0.2, 0) is 11.3 Å². The summed E-state index contributed by atoms with van der Waals surface area (Å²) < 4.78 is 13.5. The molecule has 1 amide bonds. The van der Waals surface area contributed by atoms with Crippen LogP contribution in [0, 0.1) is 5.82 Å². The standard InChI is InChI=1S/C11H16FN3O/c1-14-10(16)7-15(2)6-8-4-3-5-9(13)11(8)12/h3-5H,6-7,13H2,1-2H3,(H,14,16). The summed E-state index contributed by atoms with van der Waals surface area (Å²) in [6, 6.07) is 4.87. The minimum absolute atomic E-state index is 0.105. The fraction of sp³-hybridized carbons (Fsp3) is 0.364. The lowest BCUT2D eigenvalue weighted by atomic mass is 10.2. The number of nitrogens with two attached hydrogens (primary N) is 1. The van der Waals surface area contributed by atoms with Crippen molar-refractivity contribution < 1.29 is 9.18 Å². The van der Waals surface area contributed by atoms with Crippen molar-refractivity contribution >= 4 is 11.6 Å². The average Bonchev–Trinajstić information content (AvgIpc) is 2.24. The van der Waals surface area contributed by atoms with Crippen LogP contribution < -0.4 is 11.1 Å². The summed E-state index contributed by atoms with van der Waals surface area (Å²) >= 11 is 0. The van der Waals surface area contributed by atoms with Crippen LogP contribution in [0.25, 0.3) is 0 Å². The molecule has 0 bridgehead atoms. The fourth-order valence-corrected chi connectivity index (χ4v) is 1.39. The van der Waals surface area contributed by atoms with E-state index in [1.54, 1.807) is 31.1 Å². The van der Waals surface area contributed by atoms with E-state index >= 15 is 0 Å². The zero-order chi connectivity index (χ0) is 12.1. The van der Waals surface area contributed by atoms with Gasteiger partial charge in [-0.25, -0.2) is 4.39 Å². The number of nitrogens with one attached hydrogen (secondary N) is 1. The van der Waals surface area contributed by atoms with Gasteiger partial charge in [-0.1, -0.05) is 12.1 Å². The predicted octanol–water partition coefficient (Wildman–Crippen LogP) is 0.586. The normalized spacial score (nSPS) is 10.5. The van der Waals surface area contributed by atoms with E-state index in [4.69, 9.17) is 5.73 Å². The Kier molecular flexibility index (Phi) is 4.25. The Morgan fingerprint density at radius 3 is 2.88 bits per heavy atom. The molecule has 0 radical (unpaired) electrons. The zero-order valence-electron chi connectivity index (χ0n) is 9.46. The number of nitrogen functional groups attached to an aromatic ring is 1. The summed E-state index contributed by atoms with van der Waals surface area (Å²) in [5.41, 5.74) is 6.07. The largest absolute Gasteiger partial charge is 0.396 e. The van der Waals surface area contributed by atoms with E-state index in [0.717, 1.165) is 0 Å². The summed E-state index contributed by atoms with van der Waals surface area (Å²) in [7, 11) is 3.31. The number of benzene rings is 1. The molecule has 0 aliphatic rings. The van der Waals surface area contributed by atoms with Crippen LogP contribution in [-0.4, -0.2) is 31.4 Å². The van der Waals surface area contributed by atoms with Gasteiger partial charge in [-0.2, -0.15) is 0 Å². The smallest absolute Gasteiger partial charge is 0.233 e. The van der Waals surface area contributed by atoms with Gasteiger partial charge >= 0.3 is 0 Å². The quantitative estimate of drug-likeness (QED) is 0.737. The van der Waals surface area contributed by atoms with Gasteiger partial charge in [0.2, 0.25) is 5.91 Å². The molecule has 0 heterocycles. The van der Waals surface area contributed by atoms with Crippen molar-refractivity contribution in [3.63, 3.8) is 0 Å². The van der Waals surface area contributed by atoms with Crippen LogP contribution in [0.15, 0.2) is 18.2 Å². The van der Waals surface area contributed by atoms with Gasteiger partial charge in [0.25, 0.3) is 0 Å². The van der Waals surface area contributed by atoms with Crippen molar-refractivity contribution in [2.75, 3.05) is 26.4 Å². The van der Waals surface area contributed by atoms with Crippen LogP contribution >= 0.6 is 0 Å². The molecule has 0 atom stereocenters. The second-order valence-electron chi connectivity index (χ2n) is 3.67. The lowest BCUT2D eigenvalue weighted by Crippen LogP contribution is -2.32. The van der Waals surface area contributed by atoms with Crippen molar-refractivity contribution in [1.82, 2.24) is 10.2 Å². The van der Waals surface area contributed by atoms with E-state index in [1.807, 2.05) is 0 Å². The van der Waals surface area contributed by atoms with Crippen molar-refractivity contribution in [3.8, 4) is 0 Å². The monoisotopic (exact) mass is 225 g/mol. The van der Waals surface area contributed by atoms with Crippen LogP contribution in [0.5, 0.6) is 0 Å². The first kappa shape index (κ1) is 12.4. The Bertz CT molecular complexity index is 381. The van der Waals surface area contributed by atoms with Gasteiger partial charge in [0.1, 0.15) is 0 Å². The molecule has 16 heavy (non-hydrogen) atoms. The minimum Gasteiger partial charge on any atom is -0.396 e. The second-order valence-corrected chi connectivity index (χ2v) is 3.67. The van der Waals surface area contributed by atoms with Gasteiger partial charge < -0.3 is 11.1 Å². The topological polar surface area (TPSA) is 58.4 Å². The van der Waals surface area contributed by atoms with E-state index in [0.29, 0.717) is 12.1 Å². The zero-order valence-corrected chi connectivity index (χ0v) is 9.46. The highest BCUT2D eigenvalue weighted by molar-refractivity contribution is 5.77. The number of rotatable bonds is 4. The SMILES string of the molecule is CNC(=O)CN(C)Cc1cccc(N)c1F. The number of hydrogen-bond donors (Lipinski definition) is 2. The molecule has 1 rings (SSSR count). The van der Waals surface area contributed by atoms with E-state index in [1.165, 1.54) is 6.07 Å². The van der Waals surface area contributed by atoms with Crippen LogP contribution in [0.1, 0.15) is 5.56 Å². The molecule has 0 aliphatic carbocycles. The molecular weight excluding hydrogens is 209 g/mol. The molecule has 0 spiro atoms. The molecular formula is C11H16FN3O. The second kappa shape index (κ2) is 5.46. The van der Waals surface area contributed by atoms with Gasteiger partial charge in [-0.3, -0.25) is 9.69 Å². The number of carbonyl (C=O) groups is 1. The third kappa shape index (κ3) is 3.20. The number of amides is 1. The molecule has 0 unspecified atom stereocenters. The third-order valence-electron chi connectivity index (χ3n) is 2.24. The lowest BCUT2D eigenvalue weighted by molar-refractivity contribution is -0.121. The summed E-state index contributed by atoms with van der Waals surface area (Å²) in [5.74, 6) is -0.516. The van der Waals surface area contributed by atoms with Gasteiger partial charge in [0, 0.05) is 19.2 Å². The molecule has 5 heteroatoms. The van der Waals surface area contributed by atoms with Crippen molar-refractivity contribution in [2.45, 2.75) is 6.54 Å². The van der Waals surface area contributed by atoms with E-state index in [9.17, 15) is 9.18 Å². The molecule has 0 aliphatic heterocycles. The lowest BCUT2D eigenvalue weighted by Gasteiger charge is -2.16. The Hall–Kier alpha value is -1.62. The molecule has 3 N–H and O–H groups in total. The third-order valence-corrected chi connectivity index (χ3v) is 2.24. The Morgan fingerprint density at radius 1 is 1.56 bits per heavy atom. The number of likely N-dealkylation sites (N-methyl/N-ethyl adjacent to an activating group) is 2. The van der Waals surface area contributed by atoms with Crippen molar-refractivity contribution in [1.29, 1.82) is 0 Å². The van der Waals surface area contributed by atoms with Crippen molar-refractivity contribution in [3.05, 3.63) is 29.6 Å². The number of carbonyl (C=O) groups excluding carboxylic acids is 1. The van der Waals surface area contributed by atoms with Gasteiger partial charge in [-0.05, 0) is 13.1 Å². The molecule has 0 saturated heterocycles. The van der Waals surface area contributed by atoms with Crippen LogP contribution in [0.4, 0.5) is 10.1 Å². The number of hydrogen-bond acceptors (Lipinski definition) is 3. The molecule has 0 saturated carbocycles. The van der Waals surface area contributed by atoms with Crippen LogP contribution in [0.3, 0.4) is 0 Å². The maximum Gasteiger partial charge on any atom is 0.233 e. The van der Waals surface area contributed by atoms with Gasteiger partial charge in [0.05, 0.1) is 12.2 Å². The highest BCUT2D eigenvalue weighted by Gasteiger charge is 2.10. The Labute approximate surface area is 94.2 Å². The summed E-state index contributed by atoms with van der Waals surface area (Å²) in [6.07, 6.45) is 0. The number of nitrogens with zero attached hydrogens (tertiary/aromatic N) is 1. The minimum atomic E-state index is -0.411. The summed E-state index contributed by atoms with van der Waals surface area (Å²) in [5, 5.41) is 2.51. The Balaban J connectivity index is 2.66. The number of anilines is 1. The van der Waals surface area contributed by atoms with Gasteiger partial charge in [-0.15, -0.1) is 0 Å². The Morgan fingerprint density at radius 2 is 2.25 bits per heavy atom. The molecule has 88 valence electrons. The van der Waals surface area contributed by atoms with E-state index in [2.05, 4.69) is 5.32 Å². The van der Waals surface area contributed by atoms with Crippen molar-refractivity contribution in [2.24, 2.45) is 0 Å². The highest BCUT2D eigenvalue weighted by Crippen LogP contribution is 2.15. The fourth-order valence-electron chi connectivity index (χ4n) is 1.39. The van der Waals surface area contributed by atoms with E-state index < -0.39 is 5.82 Å². The maximum absolute atomic E-state index is 13.5. The molecule has 1 aromatic carbocycles.